The average molecular weight is 273 g/mol. The smallest absolute Gasteiger partial charge is 0.139 e. The molecule has 0 amide bonds. The second-order valence-corrected chi connectivity index (χ2v) is 5.97. The number of nitrogens with two attached hydrogens (primary N) is 1. The van der Waals surface area contributed by atoms with Crippen LogP contribution in [0.3, 0.4) is 0 Å². The molecule has 1 saturated heterocycles. The Hall–Kier alpha value is -1.39. The first kappa shape index (κ1) is 13.6. The lowest BCUT2D eigenvalue weighted by Crippen LogP contribution is -2.11. The maximum absolute atomic E-state index is 6.02. The van der Waals surface area contributed by atoms with Crippen LogP contribution < -0.4 is 5.73 Å². The van der Waals surface area contributed by atoms with E-state index in [9.17, 15) is 0 Å². The van der Waals surface area contributed by atoms with Gasteiger partial charge in [-0.25, -0.2) is 4.98 Å². The molecular weight excluding hydrogens is 250 g/mol. The highest BCUT2D eigenvalue weighted by Gasteiger charge is 2.29. The molecule has 0 bridgehead atoms. The average Bonchev–Trinajstić information content (AvgIpc) is 3.00. The molecule has 2 heterocycles. The van der Waals surface area contributed by atoms with E-state index < -0.39 is 0 Å². The maximum Gasteiger partial charge on any atom is 0.139 e. The molecule has 0 saturated carbocycles. The van der Waals surface area contributed by atoms with Gasteiger partial charge >= 0.3 is 0 Å². The van der Waals surface area contributed by atoms with E-state index >= 15 is 0 Å². The first-order valence-corrected chi connectivity index (χ1v) is 7.46. The van der Waals surface area contributed by atoms with Crippen molar-refractivity contribution in [3.8, 4) is 0 Å². The van der Waals surface area contributed by atoms with Gasteiger partial charge in [0.15, 0.2) is 0 Å². The summed E-state index contributed by atoms with van der Waals surface area (Å²) in [6, 6.07) is 6.69. The van der Waals surface area contributed by atoms with E-state index in [0.29, 0.717) is 18.7 Å². The molecule has 4 heteroatoms. The van der Waals surface area contributed by atoms with Crippen LogP contribution in [0.1, 0.15) is 57.1 Å². The van der Waals surface area contributed by atoms with Gasteiger partial charge in [-0.3, -0.25) is 0 Å². The van der Waals surface area contributed by atoms with Gasteiger partial charge < -0.3 is 15.0 Å². The Morgan fingerprint density at radius 2 is 2.20 bits per heavy atom. The van der Waals surface area contributed by atoms with Gasteiger partial charge in [-0.05, 0) is 51.3 Å². The molecule has 4 nitrogen and oxygen atoms in total. The standard InChI is InChI=1S/C16H23N3O/c1-10(2)19-14-6-5-12(9-17)8-13(14)18-16(19)15-7-4-11(3)20-15/h5-6,8,10-11,15H,4,7,9,17H2,1-3H3. The Morgan fingerprint density at radius 1 is 1.40 bits per heavy atom. The monoisotopic (exact) mass is 273 g/mol. The van der Waals surface area contributed by atoms with Crippen LogP contribution in [0.5, 0.6) is 0 Å². The van der Waals surface area contributed by atoms with Crippen molar-refractivity contribution < 1.29 is 4.74 Å². The summed E-state index contributed by atoms with van der Waals surface area (Å²) in [5.74, 6) is 1.06. The van der Waals surface area contributed by atoms with Gasteiger partial charge in [0.05, 0.1) is 17.1 Å². The number of imidazole rings is 1. The summed E-state index contributed by atoms with van der Waals surface area (Å²) in [5, 5.41) is 0. The van der Waals surface area contributed by atoms with E-state index in [2.05, 4.69) is 43.5 Å². The van der Waals surface area contributed by atoms with Crippen molar-refractivity contribution in [3.05, 3.63) is 29.6 Å². The number of nitrogens with zero attached hydrogens (tertiary/aromatic N) is 2. The summed E-state index contributed by atoms with van der Waals surface area (Å²) in [7, 11) is 0. The van der Waals surface area contributed by atoms with Crippen LogP contribution in [-0.2, 0) is 11.3 Å². The van der Waals surface area contributed by atoms with Crippen LogP contribution in [0.25, 0.3) is 11.0 Å². The van der Waals surface area contributed by atoms with Crippen LogP contribution in [0.15, 0.2) is 18.2 Å². The molecule has 0 spiro atoms. The largest absolute Gasteiger partial charge is 0.367 e. The number of ether oxygens (including phenoxy) is 1. The second-order valence-electron chi connectivity index (χ2n) is 5.97. The van der Waals surface area contributed by atoms with Gasteiger partial charge in [0.1, 0.15) is 11.9 Å². The zero-order valence-corrected chi connectivity index (χ0v) is 12.5. The fourth-order valence-corrected chi connectivity index (χ4v) is 3.05. The summed E-state index contributed by atoms with van der Waals surface area (Å²) < 4.78 is 8.32. The van der Waals surface area contributed by atoms with Crippen LogP contribution >= 0.6 is 0 Å². The summed E-state index contributed by atoms with van der Waals surface area (Å²) in [4.78, 5) is 4.84. The maximum atomic E-state index is 6.02. The van der Waals surface area contributed by atoms with E-state index in [1.165, 1.54) is 5.52 Å². The predicted octanol–water partition coefficient (Wildman–Crippen LogP) is 3.32. The van der Waals surface area contributed by atoms with Crippen molar-refractivity contribution in [2.75, 3.05) is 0 Å². The molecule has 1 fully saturated rings. The summed E-state index contributed by atoms with van der Waals surface area (Å²) in [6.45, 7) is 7.07. The lowest BCUT2D eigenvalue weighted by molar-refractivity contribution is 0.0479. The lowest BCUT2D eigenvalue weighted by atomic mass is 10.2. The summed E-state index contributed by atoms with van der Waals surface area (Å²) in [6.07, 6.45) is 2.63. The van der Waals surface area contributed by atoms with E-state index in [1.54, 1.807) is 0 Å². The van der Waals surface area contributed by atoms with E-state index in [-0.39, 0.29) is 6.10 Å². The van der Waals surface area contributed by atoms with Gasteiger partial charge in [-0.1, -0.05) is 6.07 Å². The Kier molecular flexibility index (Phi) is 3.52. The summed E-state index contributed by atoms with van der Waals surface area (Å²) >= 11 is 0. The molecule has 2 N–H and O–H groups in total. The highest BCUT2D eigenvalue weighted by molar-refractivity contribution is 5.77. The number of fused-ring (bicyclic) bond motifs is 1. The SMILES string of the molecule is CC1CCC(c2nc3cc(CN)ccc3n2C(C)C)O1. The van der Waals surface area contributed by atoms with E-state index in [0.717, 1.165) is 29.7 Å². The molecule has 3 rings (SSSR count). The molecule has 0 radical (unpaired) electrons. The lowest BCUT2D eigenvalue weighted by Gasteiger charge is -2.17. The predicted molar refractivity (Wildman–Crippen MR) is 80.5 cm³/mol. The Labute approximate surface area is 119 Å². The number of rotatable bonds is 3. The van der Waals surface area contributed by atoms with Gasteiger partial charge in [0.2, 0.25) is 0 Å². The third kappa shape index (κ3) is 2.23. The zero-order valence-electron chi connectivity index (χ0n) is 12.5. The third-order valence-electron chi connectivity index (χ3n) is 4.05. The van der Waals surface area contributed by atoms with Crippen molar-refractivity contribution in [1.82, 2.24) is 9.55 Å². The minimum atomic E-state index is 0.126. The third-order valence-corrected chi connectivity index (χ3v) is 4.05. The van der Waals surface area contributed by atoms with Gasteiger partial charge in [-0.15, -0.1) is 0 Å². The Morgan fingerprint density at radius 3 is 2.80 bits per heavy atom. The number of aromatic nitrogens is 2. The Bertz CT molecular complexity index is 617. The zero-order chi connectivity index (χ0) is 14.3. The molecule has 1 aliphatic rings. The minimum Gasteiger partial charge on any atom is -0.367 e. The quantitative estimate of drug-likeness (QED) is 0.933. The Balaban J connectivity index is 2.12. The van der Waals surface area contributed by atoms with Gasteiger partial charge in [0.25, 0.3) is 0 Å². The first-order valence-electron chi connectivity index (χ1n) is 7.46. The molecule has 0 aliphatic carbocycles. The van der Waals surface area contributed by atoms with Crippen LogP contribution in [0.2, 0.25) is 0 Å². The molecule has 20 heavy (non-hydrogen) atoms. The van der Waals surface area contributed by atoms with Crippen molar-refractivity contribution in [1.29, 1.82) is 0 Å². The number of hydrogen-bond donors (Lipinski definition) is 1. The van der Waals surface area contributed by atoms with Crippen molar-refractivity contribution >= 4 is 11.0 Å². The van der Waals surface area contributed by atoms with Gasteiger partial charge in [0, 0.05) is 12.6 Å². The molecular formula is C16H23N3O. The fraction of sp³-hybridized carbons (Fsp3) is 0.562. The topological polar surface area (TPSA) is 53.1 Å². The second kappa shape index (κ2) is 5.19. The van der Waals surface area contributed by atoms with Gasteiger partial charge in [-0.2, -0.15) is 0 Å². The van der Waals surface area contributed by atoms with Crippen molar-refractivity contribution in [3.63, 3.8) is 0 Å². The molecule has 1 aliphatic heterocycles. The summed E-state index contributed by atoms with van der Waals surface area (Å²) in [5.41, 5.74) is 9.05. The van der Waals surface area contributed by atoms with E-state index in [4.69, 9.17) is 15.5 Å². The van der Waals surface area contributed by atoms with Crippen molar-refractivity contribution in [2.24, 2.45) is 5.73 Å². The highest BCUT2D eigenvalue weighted by atomic mass is 16.5. The minimum absolute atomic E-state index is 0.126. The molecule has 2 unspecified atom stereocenters. The number of benzene rings is 1. The molecule has 108 valence electrons. The first-order chi connectivity index (χ1) is 9.60. The number of hydrogen-bond acceptors (Lipinski definition) is 3. The fourth-order valence-electron chi connectivity index (χ4n) is 3.05. The van der Waals surface area contributed by atoms with Crippen LogP contribution in [0.4, 0.5) is 0 Å². The van der Waals surface area contributed by atoms with Crippen LogP contribution in [0, 0.1) is 0 Å². The van der Waals surface area contributed by atoms with Crippen molar-refractivity contribution in [2.45, 2.75) is 58.4 Å². The van der Waals surface area contributed by atoms with Crippen LogP contribution in [-0.4, -0.2) is 15.7 Å². The molecule has 1 aromatic carbocycles. The van der Waals surface area contributed by atoms with E-state index in [1.807, 2.05) is 0 Å². The normalized spacial score (nSPS) is 23.1. The highest BCUT2D eigenvalue weighted by Crippen LogP contribution is 2.35. The molecule has 2 aromatic rings. The molecule has 1 aromatic heterocycles. The molecule has 2 atom stereocenters.